The number of rotatable bonds is 2. The molecule has 0 heterocycles. The summed E-state index contributed by atoms with van der Waals surface area (Å²) in [5.74, 6) is 0. The Balaban J connectivity index is 3.89. The fourth-order valence-corrected chi connectivity index (χ4v) is 0.459. The molecule has 0 unspecified atom stereocenters. The molecule has 7 heavy (non-hydrogen) atoms. The fraction of sp³-hybridized carbons (Fsp3) is 0. The first-order chi connectivity index (χ1) is 3.12. The quantitative estimate of drug-likeness (QED) is 0.449. The topological polar surface area (TPSA) is 52.6 Å². The van der Waals surface area contributed by atoms with E-state index in [9.17, 15) is 8.42 Å². The van der Waals surface area contributed by atoms with Gasteiger partial charge in [-0.05, 0) is 0 Å². The van der Waals surface area contributed by atoms with Crippen LogP contribution in [0.3, 0.4) is 0 Å². The first-order valence-corrected chi connectivity index (χ1v) is 3.22. The van der Waals surface area contributed by atoms with Crippen molar-refractivity contribution >= 4 is 31.4 Å². The maximum absolute atomic E-state index is 9.83. The molecule has 0 aliphatic heterocycles. The maximum Gasteiger partial charge on any atom is 0.379 e. The Morgan fingerprint density at radius 1 is 1.14 bits per heavy atom. The van der Waals surface area contributed by atoms with Crippen molar-refractivity contribution in [2.45, 2.75) is 0 Å². The first kappa shape index (κ1) is 7.30. The molecule has 6 radical (unpaired) electrons. The second kappa shape index (κ2) is 2.57. The Morgan fingerprint density at radius 2 is 1.43 bits per heavy atom. The molecule has 0 aromatic carbocycles. The van der Waals surface area contributed by atoms with E-state index in [-0.39, 0.29) is 0 Å². The van der Waals surface area contributed by atoms with Crippen LogP contribution in [-0.2, 0) is 18.1 Å². The average Bonchev–Trinajstić information content (AvgIpc) is 1.68. The minimum absolute atomic E-state index is 2.23. The average molecular weight is 152 g/mol. The Kier molecular flexibility index (Phi) is 2.68. The lowest BCUT2D eigenvalue weighted by Crippen LogP contribution is -2.04. The van der Waals surface area contributed by atoms with E-state index in [0.29, 0.717) is 0 Å². The largest absolute Gasteiger partial charge is 0.379 e. The summed E-state index contributed by atoms with van der Waals surface area (Å²) in [4.78, 5) is 0. The van der Waals surface area contributed by atoms with Crippen molar-refractivity contribution in [3.63, 3.8) is 0 Å². The highest BCUT2D eigenvalue weighted by molar-refractivity contribution is 7.83. The third-order valence-corrected chi connectivity index (χ3v) is 1.84. The smallest absolute Gasteiger partial charge is 0.297 e. The maximum atomic E-state index is 9.83. The summed E-state index contributed by atoms with van der Waals surface area (Å²) in [6.45, 7) is 0. The second-order valence-corrected chi connectivity index (χ2v) is 2.72. The lowest BCUT2D eigenvalue weighted by Gasteiger charge is -1.91. The molecule has 4 nitrogen and oxygen atoms in total. The molecule has 0 aliphatic rings. The molecule has 38 valence electrons. The first-order valence-electron chi connectivity index (χ1n) is 1.07. The molecule has 0 aromatic rings. The van der Waals surface area contributed by atoms with Gasteiger partial charge in [0.2, 0.25) is 0 Å². The van der Waals surface area contributed by atoms with Crippen LogP contribution in [0, 0.1) is 0 Å². The summed E-state index contributed by atoms with van der Waals surface area (Å²) in [6.07, 6.45) is 0. The molecule has 0 spiro atoms. The van der Waals surface area contributed by atoms with Gasteiger partial charge >= 0.3 is 10.4 Å². The van der Waals surface area contributed by atoms with Gasteiger partial charge < -0.3 is 0 Å². The van der Waals surface area contributed by atoms with Crippen molar-refractivity contribution in [3.05, 3.63) is 0 Å². The van der Waals surface area contributed by atoms with E-state index >= 15 is 0 Å². The van der Waals surface area contributed by atoms with Gasteiger partial charge in [-0.25, -0.2) is 0 Å². The van der Waals surface area contributed by atoms with Gasteiger partial charge in [0.15, 0.2) is 0 Å². The van der Waals surface area contributed by atoms with Gasteiger partial charge in [-0.1, -0.05) is 0 Å². The van der Waals surface area contributed by atoms with E-state index in [4.69, 9.17) is 0 Å². The van der Waals surface area contributed by atoms with Gasteiger partial charge in [0.05, 0.1) is 0 Å². The lowest BCUT2D eigenvalue weighted by molar-refractivity contribution is 0.420. The van der Waals surface area contributed by atoms with Crippen molar-refractivity contribution in [1.82, 2.24) is 0 Å². The molecule has 0 saturated heterocycles. The monoisotopic (exact) mass is 152 g/mol. The van der Waals surface area contributed by atoms with Gasteiger partial charge in [-0.2, -0.15) is 8.42 Å². The Bertz CT molecular complexity index is 113. The highest BCUT2D eigenvalue weighted by atomic mass is 32.3. The van der Waals surface area contributed by atoms with Crippen LogP contribution < -0.4 is 0 Å². The predicted octanol–water partition coefficient (Wildman–Crippen LogP) is -1.57. The van der Waals surface area contributed by atoms with E-state index in [1.165, 1.54) is 0 Å². The minimum atomic E-state index is -3.83. The Morgan fingerprint density at radius 3 is 1.43 bits per heavy atom. The van der Waals surface area contributed by atoms with Crippen LogP contribution in [0.4, 0.5) is 0 Å². The SMILES string of the molecule is O=S(=O)(O[Si])O[Si]. The minimum Gasteiger partial charge on any atom is -0.297 e. The molecular formula is O4SSi2. The highest BCUT2D eigenvalue weighted by Gasteiger charge is 2.00. The number of hydrogen-bond acceptors (Lipinski definition) is 4. The third-order valence-electron chi connectivity index (χ3n) is 0.204. The van der Waals surface area contributed by atoms with Crippen LogP contribution in [-0.4, -0.2) is 29.4 Å². The molecule has 0 amide bonds. The van der Waals surface area contributed by atoms with E-state index in [2.05, 4.69) is 28.7 Å². The standard InChI is InChI=1S/O4SSi2/c1-5(2,3-6)4-7. The summed E-state index contributed by atoms with van der Waals surface area (Å²) < 4.78 is 26.8. The van der Waals surface area contributed by atoms with Gasteiger partial charge in [0, 0.05) is 0 Å². The Hall–Kier alpha value is 0.304. The predicted molar refractivity (Wildman–Crippen MR) is 22.6 cm³/mol. The van der Waals surface area contributed by atoms with Crippen LogP contribution in [0.5, 0.6) is 0 Å². The van der Waals surface area contributed by atoms with E-state index in [0.717, 1.165) is 0 Å². The summed E-state index contributed by atoms with van der Waals surface area (Å²) in [7, 11) is 0.632. The molecule has 0 N–H and O–H groups in total. The van der Waals surface area contributed by atoms with Gasteiger partial charge in [0.25, 0.3) is 21.0 Å². The normalized spacial score (nSPS) is 11.7. The lowest BCUT2D eigenvalue weighted by atomic mass is 15.8. The summed E-state index contributed by atoms with van der Waals surface area (Å²) >= 11 is 0. The summed E-state index contributed by atoms with van der Waals surface area (Å²) in [6, 6.07) is 0. The zero-order valence-electron chi connectivity index (χ0n) is 3.04. The molecule has 0 fully saturated rings. The van der Waals surface area contributed by atoms with Gasteiger partial charge in [-0.3, -0.25) is 7.74 Å². The second-order valence-electron chi connectivity index (χ2n) is 0.575. The van der Waals surface area contributed by atoms with Crippen LogP contribution in [0.15, 0.2) is 0 Å². The highest BCUT2D eigenvalue weighted by Crippen LogP contribution is 1.84. The number of hydrogen-bond donors (Lipinski definition) is 0. The molecule has 0 saturated carbocycles. The summed E-state index contributed by atoms with van der Waals surface area (Å²) in [5.41, 5.74) is 0. The van der Waals surface area contributed by atoms with Crippen LogP contribution in [0.25, 0.3) is 0 Å². The fourth-order valence-electron chi connectivity index (χ4n) is 0.0170. The third kappa shape index (κ3) is 2.94. The molecule has 0 aromatic heterocycles. The van der Waals surface area contributed by atoms with Crippen molar-refractivity contribution in [2.24, 2.45) is 0 Å². The molecule has 0 bridgehead atoms. The zero-order chi connectivity index (χ0) is 5.91. The van der Waals surface area contributed by atoms with Crippen molar-refractivity contribution in [1.29, 1.82) is 0 Å². The Labute approximate surface area is 48.2 Å². The van der Waals surface area contributed by atoms with Crippen molar-refractivity contribution in [2.75, 3.05) is 0 Å². The van der Waals surface area contributed by atoms with Crippen LogP contribution >= 0.6 is 0 Å². The van der Waals surface area contributed by atoms with Gasteiger partial charge in [-0.15, -0.1) is 0 Å². The van der Waals surface area contributed by atoms with Crippen LogP contribution in [0.2, 0.25) is 0 Å². The van der Waals surface area contributed by atoms with Crippen molar-refractivity contribution < 1.29 is 16.2 Å². The van der Waals surface area contributed by atoms with E-state index < -0.39 is 10.4 Å². The van der Waals surface area contributed by atoms with Gasteiger partial charge in [0.1, 0.15) is 0 Å². The summed E-state index contributed by atoms with van der Waals surface area (Å²) in [5, 5.41) is 0. The molecule has 0 aliphatic carbocycles. The van der Waals surface area contributed by atoms with E-state index in [1.54, 1.807) is 0 Å². The van der Waals surface area contributed by atoms with E-state index in [1.807, 2.05) is 0 Å². The molecule has 0 rings (SSSR count). The zero-order valence-corrected chi connectivity index (χ0v) is 5.86. The molecule has 7 heteroatoms. The molecular weight excluding hydrogens is 152 g/mol. The van der Waals surface area contributed by atoms with Crippen LogP contribution in [0.1, 0.15) is 0 Å². The van der Waals surface area contributed by atoms with Crippen molar-refractivity contribution in [3.8, 4) is 0 Å². The molecule has 0 atom stereocenters.